The minimum atomic E-state index is -1.07. The normalized spacial score (nSPS) is 14.6. The van der Waals surface area contributed by atoms with Gasteiger partial charge in [-0.2, -0.15) is 0 Å². The molecule has 1 aliphatic rings. The molecular weight excluding hydrogens is 356 g/mol. The summed E-state index contributed by atoms with van der Waals surface area (Å²) in [6.07, 6.45) is 3.32. The molecule has 4 rings (SSSR count). The zero-order chi connectivity index (χ0) is 19.8. The Hall–Kier alpha value is -3.34. The van der Waals surface area contributed by atoms with E-state index in [0.717, 1.165) is 16.9 Å². The number of para-hydroxylation sites is 1. The first-order valence-electron chi connectivity index (χ1n) is 9.23. The molecule has 0 saturated heterocycles. The summed E-state index contributed by atoms with van der Waals surface area (Å²) in [5.74, 6) is 0.303. The Morgan fingerprint density at radius 1 is 1.18 bits per heavy atom. The largest absolute Gasteiger partial charge is 0.490 e. The fourth-order valence-corrected chi connectivity index (χ4v) is 3.51. The molecule has 1 aliphatic carbocycles. The highest BCUT2D eigenvalue weighted by Crippen LogP contribution is 2.35. The lowest BCUT2D eigenvalue weighted by Crippen LogP contribution is -2.09. The zero-order valence-corrected chi connectivity index (χ0v) is 15.7. The highest BCUT2D eigenvalue weighted by Gasteiger charge is 2.24. The number of benzene rings is 2. The van der Waals surface area contributed by atoms with Crippen molar-refractivity contribution in [2.75, 3.05) is 0 Å². The predicted molar refractivity (Wildman–Crippen MR) is 108 cm³/mol. The molecule has 0 bridgehead atoms. The van der Waals surface area contributed by atoms with Crippen molar-refractivity contribution in [3.63, 3.8) is 0 Å². The maximum atomic E-state index is 12.9. The van der Waals surface area contributed by atoms with Gasteiger partial charge in [0.2, 0.25) is 0 Å². The minimum Gasteiger partial charge on any atom is -0.490 e. The lowest BCUT2D eigenvalue weighted by Gasteiger charge is -2.12. The van der Waals surface area contributed by atoms with Crippen molar-refractivity contribution in [2.24, 2.45) is 0 Å². The van der Waals surface area contributed by atoms with Crippen LogP contribution in [0.1, 0.15) is 47.5 Å². The van der Waals surface area contributed by atoms with Crippen molar-refractivity contribution < 1.29 is 19.1 Å². The van der Waals surface area contributed by atoms with E-state index in [-0.39, 0.29) is 17.1 Å². The molecule has 2 aromatic carbocycles. The number of aromatic carboxylic acids is 1. The first-order valence-corrected chi connectivity index (χ1v) is 9.23. The van der Waals surface area contributed by atoms with E-state index in [9.17, 15) is 9.59 Å². The van der Waals surface area contributed by atoms with E-state index in [2.05, 4.69) is 0 Å². The molecular formula is C23H20O5. The number of ether oxygens (including phenoxy) is 1. The summed E-state index contributed by atoms with van der Waals surface area (Å²) in [5.41, 5.74) is 2.79. The van der Waals surface area contributed by atoms with Gasteiger partial charge in [-0.25, -0.2) is 4.79 Å². The summed E-state index contributed by atoms with van der Waals surface area (Å²) in [6, 6.07) is 12.1. The van der Waals surface area contributed by atoms with E-state index in [0.29, 0.717) is 35.1 Å². The van der Waals surface area contributed by atoms with Crippen LogP contribution in [0.15, 0.2) is 51.7 Å². The van der Waals surface area contributed by atoms with Gasteiger partial charge in [0.25, 0.3) is 0 Å². The Morgan fingerprint density at radius 3 is 2.71 bits per heavy atom. The summed E-state index contributed by atoms with van der Waals surface area (Å²) in [4.78, 5) is 24.1. The van der Waals surface area contributed by atoms with Gasteiger partial charge in [-0.15, -0.1) is 0 Å². The zero-order valence-electron chi connectivity index (χ0n) is 15.7. The number of rotatable bonds is 4. The molecule has 0 spiro atoms. The van der Waals surface area contributed by atoms with E-state index in [1.807, 2.05) is 44.2 Å². The molecule has 0 amide bonds. The highest BCUT2D eigenvalue weighted by atomic mass is 16.5. The smallest absolute Gasteiger partial charge is 0.335 e. The number of carboxylic acid groups (broad SMARTS) is 1. The first-order chi connectivity index (χ1) is 13.4. The molecule has 5 heteroatoms. The fraction of sp³-hybridized carbons (Fsp3) is 0.217. The van der Waals surface area contributed by atoms with Crippen LogP contribution in [-0.2, 0) is 6.42 Å². The van der Waals surface area contributed by atoms with Crippen molar-refractivity contribution in [2.45, 2.75) is 32.8 Å². The van der Waals surface area contributed by atoms with Crippen LogP contribution in [0.4, 0.5) is 0 Å². The Bertz CT molecular complexity index is 1170. The quantitative estimate of drug-likeness (QED) is 0.710. The van der Waals surface area contributed by atoms with E-state index in [4.69, 9.17) is 14.3 Å². The summed E-state index contributed by atoms with van der Waals surface area (Å²) >= 11 is 0. The molecule has 0 radical (unpaired) electrons. The number of hydrogen-bond donors (Lipinski definition) is 1. The standard InChI is InChI=1S/C23H20O5/c1-13(2)27-19-6-4-3-5-14(19)11-15-7-9-17-21(24)18-12-16(23(25)26)8-10-20(18)28-22(15)17/h3-6,8,10-13H,7,9H2,1-2H3,(H,25,26). The number of fused-ring (bicyclic) bond motifs is 2. The second-order valence-electron chi connectivity index (χ2n) is 7.13. The van der Waals surface area contributed by atoms with Gasteiger partial charge in [0.15, 0.2) is 5.43 Å². The third-order valence-electron chi connectivity index (χ3n) is 4.78. The second-order valence-corrected chi connectivity index (χ2v) is 7.13. The van der Waals surface area contributed by atoms with Gasteiger partial charge in [-0.05, 0) is 62.6 Å². The summed E-state index contributed by atoms with van der Waals surface area (Å²) in [5, 5.41) is 9.48. The summed E-state index contributed by atoms with van der Waals surface area (Å²) < 4.78 is 11.9. The molecule has 0 unspecified atom stereocenters. The van der Waals surface area contributed by atoms with Gasteiger partial charge in [0, 0.05) is 11.1 Å². The Labute approximate surface area is 161 Å². The van der Waals surface area contributed by atoms with Crippen LogP contribution in [0, 0.1) is 0 Å². The Balaban J connectivity index is 1.83. The third-order valence-corrected chi connectivity index (χ3v) is 4.78. The van der Waals surface area contributed by atoms with Crippen LogP contribution in [0.3, 0.4) is 0 Å². The molecule has 0 atom stereocenters. The van der Waals surface area contributed by atoms with E-state index in [1.54, 1.807) is 6.07 Å². The molecule has 1 heterocycles. The molecule has 142 valence electrons. The average molecular weight is 376 g/mol. The number of allylic oxidation sites excluding steroid dienone is 1. The molecule has 1 aromatic heterocycles. The van der Waals surface area contributed by atoms with Crippen LogP contribution in [-0.4, -0.2) is 17.2 Å². The molecule has 0 fully saturated rings. The Morgan fingerprint density at radius 2 is 1.96 bits per heavy atom. The first kappa shape index (κ1) is 18.0. The molecule has 5 nitrogen and oxygen atoms in total. The molecule has 1 N–H and O–H groups in total. The number of carboxylic acids is 1. The van der Waals surface area contributed by atoms with Crippen molar-refractivity contribution in [3.05, 3.63) is 75.1 Å². The van der Waals surface area contributed by atoms with Gasteiger partial charge >= 0.3 is 5.97 Å². The topological polar surface area (TPSA) is 76.7 Å². The van der Waals surface area contributed by atoms with E-state index < -0.39 is 5.97 Å². The van der Waals surface area contributed by atoms with Crippen molar-refractivity contribution in [1.29, 1.82) is 0 Å². The van der Waals surface area contributed by atoms with Crippen molar-refractivity contribution in [3.8, 4) is 5.75 Å². The monoisotopic (exact) mass is 376 g/mol. The predicted octanol–water partition coefficient (Wildman–Crippen LogP) is 4.77. The molecule has 0 aliphatic heterocycles. The summed E-state index contributed by atoms with van der Waals surface area (Å²) in [7, 11) is 0. The molecule has 0 saturated carbocycles. The van der Waals surface area contributed by atoms with E-state index in [1.165, 1.54) is 12.1 Å². The molecule has 3 aromatic rings. The third kappa shape index (κ3) is 3.20. The van der Waals surface area contributed by atoms with Crippen molar-refractivity contribution in [1.82, 2.24) is 0 Å². The fourth-order valence-electron chi connectivity index (χ4n) is 3.51. The molecule has 28 heavy (non-hydrogen) atoms. The summed E-state index contributed by atoms with van der Waals surface area (Å²) in [6.45, 7) is 3.96. The van der Waals surface area contributed by atoms with Gasteiger partial charge in [-0.3, -0.25) is 4.79 Å². The SMILES string of the molecule is CC(C)Oc1ccccc1C=C1CCc2c1oc1ccc(C(=O)O)cc1c2=O. The maximum absolute atomic E-state index is 12.9. The highest BCUT2D eigenvalue weighted by molar-refractivity contribution is 5.94. The second kappa shape index (κ2) is 7.00. The van der Waals surface area contributed by atoms with Gasteiger partial charge in [-0.1, -0.05) is 18.2 Å². The van der Waals surface area contributed by atoms with Crippen molar-refractivity contribution >= 4 is 28.6 Å². The van der Waals surface area contributed by atoms with Crippen LogP contribution in [0.25, 0.3) is 22.6 Å². The van der Waals surface area contributed by atoms with Gasteiger partial charge < -0.3 is 14.3 Å². The van der Waals surface area contributed by atoms with Crippen LogP contribution in [0.5, 0.6) is 5.75 Å². The Kier molecular flexibility index (Phi) is 4.51. The lowest BCUT2D eigenvalue weighted by atomic mass is 10.1. The van der Waals surface area contributed by atoms with Gasteiger partial charge in [0.05, 0.1) is 17.1 Å². The van der Waals surface area contributed by atoms with Gasteiger partial charge in [0.1, 0.15) is 17.1 Å². The van der Waals surface area contributed by atoms with Crippen LogP contribution in [0.2, 0.25) is 0 Å². The maximum Gasteiger partial charge on any atom is 0.335 e. The van der Waals surface area contributed by atoms with Crippen LogP contribution < -0.4 is 10.2 Å². The van der Waals surface area contributed by atoms with Crippen LogP contribution >= 0.6 is 0 Å². The average Bonchev–Trinajstić information content (AvgIpc) is 3.06. The lowest BCUT2D eigenvalue weighted by molar-refractivity contribution is 0.0697. The van der Waals surface area contributed by atoms with E-state index >= 15 is 0 Å². The number of hydrogen-bond acceptors (Lipinski definition) is 4. The number of carbonyl (C=O) groups is 1. The minimum absolute atomic E-state index is 0.0562.